The van der Waals surface area contributed by atoms with E-state index in [1.54, 1.807) is 11.3 Å². The summed E-state index contributed by atoms with van der Waals surface area (Å²) >= 11 is 1.68. The molecule has 1 saturated heterocycles. The number of hydrogen-bond donors (Lipinski definition) is 1. The zero-order valence-electron chi connectivity index (χ0n) is 9.67. The summed E-state index contributed by atoms with van der Waals surface area (Å²) in [7, 11) is 0. The number of thiazole rings is 1. The van der Waals surface area contributed by atoms with Gasteiger partial charge in [0, 0.05) is 19.3 Å². The van der Waals surface area contributed by atoms with Crippen LogP contribution in [0.1, 0.15) is 12.8 Å². The Morgan fingerprint density at radius 2 is 2.47 bits per heavy atom. The molecule has 2 aromatic rings. The van der Waals surface area contributed by atoms with E-state index in [9.17, 15) is 0 Å². The molecule has 2 aromatic heterocycles. The number of nitrogens with zero attached hydrogens (tertiary/aromatic N) is 3. The molecule has 0 spiro atoms. The van der Waals surface area contributed by atoms with Gasteiger partial charge in [0.25, 0.3) is 0 Å². The lowest BCUT2D eigenvalue weighted by Crippen LogP contribution is -2.38. The number of nitrogens with two attached hydrogens (primary N) is 1. The lowest BCUT2D eigenvalue weighted by Gasteiger charge is -2.31. The summed E-state index contributed by atoms with van der Waals surface area (Å²) in [6, 6.07) is 3.96. The Hall–Kier alpha value is -1.20. The van der Waals surface area contributed by atoms with E-state index < -0.39 is 0 Å². The predicted octanol–water partition coefficient (Wildman–Crippen LogP) is 1.87. The average Bonchev–Trinajstić information content (AvgIpc) is 2.82. The zero-order valence-corrected chi connectivity index (χ0v) is 10.5. The summed E-state index contributed by atoms with van der Waals surface area (Å²) in [6.45, 7) is 2.91. The number of pyridine rings is 1. The monoisotopic (exact) mass is 248 g/mol. The van der Waals surface area contributed by atoms with E-state index in [1.807, 2.05) is 18.3 Å². The van der Waals surface area contributed by atoms with Gasteiger partial charge in [-0.05, 0) is 37.4 Å². The van der Waals surface area contributed by atoms with Gasteiger partial charge in [0.2, 0.25) is 0 Å². The fraction of sp³-hybridized carbons (Fsp3) is 0.500. The molecule has 0 bridgehead atoms. The molecule has 3 rings (SSSR count). The highest BCUT2D eigenvalue weighted by molar-refractivity contribution is 7.21. The molecule has 0 unspecified atom stereocenters. The van der Waals surface area contributed by atoms with E-state index in [0.717, 1.165) is 35.1 Å². The summed E-state index contributed by atoms with van der Waals surface area (Å²) in [6.07, 6.45) is 4.28. The minimum Gasteiger partial charge on any atom is -0.348 e. The van der Waals surface area contributed by atoms with Gasteiger partial charge in [-0.15, -0.1) is 0 Å². The van der Waals surface area contributed by atoms with Gasteiger partial charge in [0.15, 0.2) is 5.13 Å². The van der Waals surface area contributed by atoms with E-state index in [4.69, 9.17) is 5.73 Å². The van der Waals surface area contributed by atoms with Crippen molar-refractivity contribution in [1.29, 1.82) is 0 Å². The van der Waals surface area contributed by atoms with Crippen LogP contribution in [0.2, 0.25) is 0 Å². The first-order valence-corrected chi connectivity index (χ1v) is 6.85. The minimum absolute atomic E-state index is 0.615. The van der Waals surface area contributed by atoms with Crippen LogP contribution in [-0.4, -0.2) is 29.6 Å². The molecule has 1 fully saturated rings. The molecular weight excluding hydrogens is 232 g/mol. The number of piperidine rings is 1. The molecule has 4 nitrogen and oxygen atoms in total. The maximum Gasteiger partial charge on any atom is 0.187 e. The Morgan fingerprint density at radius 1 is 1.53 bits per heavy atom. The Labute approximate surface area is 104 Å². The van der Waals surface area contributed by atoms with Crippen LogP contribution in [0.5, 0.6) is 0 Å². The van der Waals surface area contributed by atoms with Crippen LogP contribution in [0.3, 0.4) is 0 Å². The van der Waals surface area contributed by atoms with Crippen molar-refractivity contribution < 1.29 is 0 Å². The third-order valence-corrected chi connectivity index (χ3v) is 4.32. The van der Waals surface area contributed by atoms with Gasteiger partial charge < -0.3 is 10.6 Å². The molecule has 0 aromatic carbocycles. The Balaban J connectivity index is 1.87. The quantitative estimate of drug-likeness (QED) is 0.881. The third-order valence-electron chi connectivity index (χ3n) is 3.28. The number of aromatic nitrogens is 2. The Bertz CT molecular complexity index is 477. The van der Waals surface area contributed by atoms with Crippen LogP contribution in [0.4, 0.5) is 5.13 Å². The van der Waals surface area contributed by atoms with Crippen LogP contribution in [0.15, 0.2) is 18.3 Å². The van der Waals surface area contributed by atoms with E-state index in [0.29, 0.717) is 5.92 Å². The summed E-state index contributed by atoms with van der Waals surface area (Å²) in [5.74, 6) is 0.615. The lowest BCUT2D eigenvalue weighted by atomic mass is 9.99. The van der Waals surface area contributed by atoms with Gasteiger partial charge in [0.1, 0.15) is 10.3 Å². The minimum atomic E-state index is 0.615. The molecule has 0 saturated carbocycles. The van der Waals surface area contributed by atoms with Crippen LogP contribution in [0, 0.1) is 5.92 Å². The molecule has 1 atom stereocenters. The van der Waals surface area contributed by atoms with Gasteiger partial charge in [-0.3, -0.25) is 0 Å². The Kier molecular flexibility index (Phi) is 2.94. The maximum atomic E-state index is 5.76. The lowest BCUT2D eigenvalue weighted by molar-refractivity contribution is 0.423. The van der Waals surface area contributed by atoms with Crippen molar-refractivity contribution in [1.82, 2.24) is 9.97 Å². The van der Waals surface area contributed by atoms with E-state index >= 15 is 0 Å². The molecule has 1 aliphatic rings. The second-order valence-corrected chi connectivity index (χ2v) is 5.47. The third kappa shape index (κ3) is 2.12. The van der Waals surface area contributed by atoms with E-state index in [1.165, 1.54) is 12.8 Å². The van der Waals surface area contributed by atoms with Gasteiger partial charge in [-0.25, -0.2) is 9.97 Å². The van der Waals surface area contributed by atoms with Gasteiger partial charge in [0.05, 0.1) is 0 Å². The maximum absolute atomic E-state index is 5.76. The van der Waals surface area contributed by atoms with Gasteiger partial charge >= 0.3 is 0 Å². The summed E-state index contributed by atoms with van der Waals surface area (Å²) in [4.78, 5) is 12.4. The van der Waals surface area contributed by atoms with Crippen LogP contribution in [-0.2, 0) is 0 Å². The van der Waals surface area contributed by atoms with Crippen molar-refractivity contribution in [3.05, 3.63) is 18.3 Å². The smallest absolute Gasteiger partial charge is 0.187 e. The number of hydrogen-bond acceptors (Lipinski definition) is 5. The second-order valence-electron chi connectivity index (χ2n) is 4.51. The zero-order chi connectivity index (χ0) is 11.7. The first-order chi connectivity index (χ1) is 8.36. The molecule has 0 amide bonds. The predicted molar refractivity (Wildman–Crippen MR) is 71.4 cm³/mol. The average molecular weight is 248 g/mol. The fourth-order valence-electron chi connectivity index (χ4n) is 2.32. The second kappa shape index (κ2) is 4.58. The van der Waals surface area contributed by atoms with Crippen molar-refractivity contribution in [2.45, 2.75) is 12.8 Å². The van der Waals surface area contributed by atoms with Crippen molar-refractivity contribution in [3.63, 3.8) is 0 Å². The molecule has 3 heterocycles. The van der Waals surface area contributed by atoms with Crippen molar-refractivity contribution in [3.8, 4) is 0 Å². The highest BCUT2D eigenvalue weighted by Gasteiger charge is 2.21. The topological polar surface area (TPSA) is 55.0 Å². The van der Waals surface area contributed by atoms with Crippen LogP contribution >= 0.6 is 11.3 Å². The molecule has 2 N–H and O–H groups in total. The molecule has 1 aliphatic heterocycles. The standard InChI is InChI=1S/C12H16N4S/c13-7-9-3-2-6-16(8-9)12-15-10-4-1-5-14-11(10)17-12/h1,4-5,9H,2-3,6-8,13H2/t9-/m0/s1. The molecule has 5 heteroatoms. The highest BCUT2D eigenvalue weighted by Crippen LogP contribution is 2.29. The molecule has 0 radical (unpaired) electrons. The SMILES string of the molecule is NC[C@@H]1CCCN(c2nc3cccnc3s2)C1. The fourth-order valence-corrected chi connectivity index (χ4v) is 3.27. The van der Waals surface area contributed by atoms with Gasteiger partial charge in [-0.2, -0.15) is 0 Å². The van der Waals surface area contributed by atoms with Crippen LogP contribution < -0.4 is 10.6 Å². The summed E-state index contributed by atoms with van der Waals surface area (Å²) in [5, 5.41) is 1.09. The first kappa shape index (κ1) is 10.9. The molecule has 90 valence electrons. The molecule has 17 heavy (non-hydrogen) atoms. The summed E-state index contributed by atoms with van der Waals surface area (Å²) < 4.78 is 0. The number of fused-ring (bicyclic) bond motifs is 1. The molecular formula is C12H16N4S. The first-order valence-electron chi connectivity index (χ1n) is 6.03. The van der Waals surface area contributed by atoms with Crippen molar-refractivity contribution >= 4 is 26.8 Å². The van der Waals surface area contributed by atoms with Crippen molar-refractivity contribution in [2.24, 2.45) is 11.7 Å². The number of anilines is 1. The largest absolute Gasteiger partial charge is 0.348 e. The van der Waals surface area contributed by atoms with Crippen molar-refractivity contribution in [2.75, 3.05) is 24.5 Å². The van der Waals surface area contributed by atoms with Gasteiger partial charge in [-0.1, -0.05) is 11.3 Å². The summed E-state index contributed by atoms with van der Waals surface area (Å²) in [5.41, 5.74) is 6.76. The molecule has 0 aliphatic carbocycles. The normalized spacial score (nSPS) is 21.0. The Morgan fingerprint density at radius 3 is 3.29 bits per heavy atom. The van der Waals surface area contributed by atoms with E-state index in [-0.39, 0.29) is 0 Å². The van der Waals surface area contributed by atoms with E-state index in [2.05, 4.69) is 14.9 Å². The highest BCUT2D eigenvalue weighted by atomic mass is 32.1. The van der Waals surface area contributed by atoms with Crippen LogP contribution in [0.25, 0.3) is 10.3 Å². The number of rotatable bonds is 2.